The van der Waals surface area contributed by atoms with Crippen LogP contribution in [0.4, 0.5) is 5.69 Å². The number of rotatable bonds is 3. The van der Waals surface area contributed by atoms with Gasteiger partial charge in [-0.25, -0.2) is 4.98 Å². The Bertz CT molecular complexity index is 754. The van der Waals surface area contributed by atoms with Crippen LogP contribution in [0.15, 0.2) is 36.5 Å². The summed E-state index contributed by atoms with van der Waals surface area (Å²) in [5.41, 5.74) is 1.96. The molecule has 1 aromatic heterocycles. The van der Waals surface area contributed by atoms with E-state index < -0.39 is 10.7 Å². The minimum atomic E-state index is -0.641. The highest BCUT2D eigenvalue weighted by molar-refractivity contribution is 5.47. The van der Waals surface area contributed by atoms with Crippen LogP contribution in [0.25, 0.3) is 0 Å². The van der Waals surface area contributed by atoms with Crippen LogP contribution < -0.4 is 4.74 Å². The highest BCUT2D eigenvalue weighted by atomic mass is 16.7. The molecule has 0 amide bonds. The molecule has 7 heteroatoms. The van der Waals surface area contributed by atoms with Crippen LogP contribution in [-0.4, -0.2) is 23.1 Å². The van der Waals surface area contributed by atoms with E-state index in [9.17, 15) is 10.1 Å². The Hall–Kier alpha value is -2.51. The standard InChI is InChI=1S/C16H14N2O5/c19-18(20)11-4-5-15(17-10-11)23-14-3-1-2-13-12(14)6-7-16(13)21-8-9-22-16/h1-5,10H,6-9H2. The van der Waals surface area contributed by atoms with Crippen molar-refractivity contribution in [1.29, 1.82) is 0 Å². The van der Waals surface area contributed by atoms with Gasteiger partial charge in [-0.05, 0) is 12.5 Å². The van der Waals surface area contributed by atoms with E-state index in [-0.39, 0.29) is 5.69 Å². The van der Waals surface area contributed by atoms with Crippen LogP contribution in [0.3, 0.4) is 0 Å². The molecule has 0 radical (unpaired) electrons. The number of hydrogen-bond acceptors (Lipinski definition) is 6. The lowest BCUT2D eigenvalue weighted by Gasteiger charge is -2.22. The van der Waals surface area contributed by atoms with Gasteiger partial charge in [-0.3, -0.25) is 10.1 Å². The molecule has 0 N–H and O–H groups in total. The van der Waals surface area contributed by atoms with Gasteiger partial charge in [-0.2, -0.15) is 0 Å². The molecule has 7 nitrogen and oxygen atoms in total. The number of aromatic nitrogens is 1. The molecule has 0 unspecified atom stereocenters. The molecule has 1 spiro atoms. The Morgan fingerprint density at radius 2 is 2.04 bits per heavy atom. The van der Waals surface area contributed by atoms with Crippen LogP contribution in [0.2, 0.25) is 0 Å². The fourth-order valence-electron chi connectivity index (χ4n) is 3.11. The molecular formula is C16H14N2O5. The van der Waals surface area contributed by atoms with E-state index in [2.05, 4.69) is 4.98 Å². The Morgan fingerprint density at radius 1 is 1.22 bits per heavy atom. The SMILES string of the molecule is O=[N+]([O-])c1ccc(Oc2cccc3c2CCC32OCCO2)nc1. The van der Waals surface area contributed by atoms with Crippen LogP contribution >= 0.6 is 0 Å². The molecule has 1 aliphatic heterocycles. The number of pyridine rings is 1. The van der Waals surface area contributed by atoms with Crippen molar-refractivity contribution >= 4 is 5.69 Å². The molecule has 0 atom stereocenters. The molecule has 4 rings (SSSR count). The maximum Gasteiger partial charge on any atom is 0.287 e. The van der Waals surface area contributed by atoms with Gasteiger partial charge in [0.1, 0.15) is 11.9 Å². The van der Waals surface area contributed by atoms with E-state index in [1.807, 2.05) is 18.2 Å². The molecule has 0 saturated carbocycles. The molecule has 2 aliphatic rings. The number of fused-ring (bicyclic) bond motifs is 2. The average Bonchev–Trinajstić information content (AvgIpc) is 3.18. The third-order valence-corrected chi connectivity index (χ3v) is 4.15. The topological polar surface area (TPSA) is 83.7 Å². The van der Waals surface area contributed by atoms with E-state index in [0.717, 1.165) is 24.0 Å². The Morgan fingerprint density at radius 3 is 2.74 bits per heavy atom. The second kappa shape index (κ2) is 5.29. The summed E-state index contributed by atoms with van der Waals surface area (Å²) >= 11 is 0. The first kappa shape index (κ1) is 14.1. The Kier molecular flexibility index (Phi) is 3.24. The van der Waals surface area contributed by atoms with E-state index in [1.54, 1.807) is 0 Å². The van der Waals surface area contributed by atoms with Crippen LogP contribution in [0.5, 0.6) is 11.6 Å². The summed E-state index contributed by atoms with van der Waals surface area (Å²) in [6, 6.07) is 8.60. The van der Waals surface area contributed by atoms with Crippen molar-refractivity contribution in [2.45, 2.75) is 18.6 Å². The quantitative estimate of drug-likeness (QED) is 0.640. The Labute approximate surface area is 132 Å². The first-order valence-corrected chi connectivity index (χ1v) is 7.36. The minimum absolute atomic E-state index is 0.0673. The molecule has 23 heavy (non-hydrogen) atoms. The zero-order chi connectivity index (χ0) is 15.9. The van der Waals surface area contributed by atoms with Gasteiger partial charge in [0.15, 0.2) is 5.79 Å². The van der Waals surface area contributed by atoms with Crippen LogP contribution in [-0.2, 0) is 21.7 Å². The van der Waals surface area contributed by atoms with E-state index in [1.165, 1.54) is 18.3 Å². The maximum absolute atomic E-state index is 10.7. The van der Waals surface area contributed by atoms with Crippen molar-refractivity contribution < 1.29 is 19.1 Å². The van der Waals surface area contributed by atoms with Gasteiger partial charge in [0.2, 0.25) is 5.88 Å². The smallest absolute Gasteiger partial charge is 0.287 e. The molecular weight excluding hydrogens is 300 g/mol. The third-order valence-electron chi connectivity index (χ3n) is 4.15. The molecule has 1 aromatic carbocycles. The number of nitrogens with zero attached hydrogens (tertiary/aromatic N) is 2. The van der Waals surface area contributed by atoms with Crippen molar-refractivity contribution in [3.05, 3.63) is 57.8 Å². The lowest BCUT2D eigenvalue weighted by Crippen LogP contribution is -2.23. The fraction of sp³-hybridized carbons (Fsp3) is 0.312. The van der Waals surface area contributed by atoms with Crippen molar-refractivity contribution in [2.75, 3.05) is 13.2 Å². The summed E-state index contributed by atoms with van der Waals surface area (Å²) in [6.07, 6.45) is 2.73. The van der Waals surface area contributed by atoms with Gasteiger partial charge in [0.25, 0.3) is 5.69 Å². The summed E-state index contributed by atoms with van der Waals surface area (Å²) < 4.78 is 17.4. The third kappa shape index (κ3) is 2.34. The molecule has 118 valence electrons. The van der Waals surface area contributed by atoms with Gasteiger partial charge in [-0.15, -0.1) is 0 Å². The van der Waals surface area contributed by atoms with Gasteiger partial charge in [0.05, 0.1) is 18.1 Å². The second-order valence-corrected chi connectivity index (χ2v) is 5.45. The van der Waals surface area contributed by atoms with Crippen LogP contribution in [0, 0.1) is 10.1 Å². The average molecular weight is 314 g/mol. The molecule has 1 fully saturated rings. The first-order valence-electron chi connectivity index (χ1n) is 7.36. The zero-order valence-corrected chi connectivity index (χ0v) is 12.2. The number of benzene rings is 1. The van der Waals surface area contributed by atoms with Crippen molar-refractivity contribution in [2.24, 2.45) is 0 Å². The maximum atomic E-state index is 10.7. The van der Waals surface area contributed by atoms with Crippen molar-refractivity contribution in [1.82, 2.24) is 4.98 Å². The summed E-state index contributed by atoms with van der Waals surface area (Å²) in [7, 11) is 0. The van der Waals surface area contributed by atoms with E-state index >= 15 is 0 Å². The highest BCUT2D eigenvalue weighted by Gasteiger charge is 2.45. The minimum Gasteiger partial charge on any atom is -0.439 e. The largest absolute Gasteiger partial charge is 0.439 e. The van der Waals surface area contributed by atoms with Gasteiger partial charge < -0.3 is 14.2 Å². The van der Waals surface area contributed by atoms with E-state index in [0.29, 0.717) is 24.8 Å². The fourth-order valence-corrected chi connectivity index (χ4v) is 3.11. The first-order chi connectivity index (χ1) is 11.2. The summed E-state index contributed by atoms with van der Waals surface area (Å²) in [4.78, 5) is 14.2. The van der Waals surface area contributed by atoms with E-state index in [4.69, 9.17) is 14.2 Å². The predicted octanol–water partition coefficient (Wildman–Crippen LogP) is 2.93. The number of ether oxygens (including phenoxy) is 3. The van der Waals surface area contributed by atoms with Crippen LogP contribution in [0.1, 0.15) is 17.5 Å². The summed E-state index contributed by atoms with van der Waals surface area (Å²) in [5.74, 6) is 0.357. The summed E-state index contributed by atoms with van der Waals surface area (Å²) in [5, 5.41) is 10.7. The molecule has 1 saturated heterocycles. The zero-order valence-electron chi connectivity index (χ0n) is 12.2. The van der Waals surface area contributed by atoms with Gasteiger partial charge in [0, 0.05) is 29.7 Å². The predicted molar refractivity (Wildman–Crippen MR) is 79.3 cm³/mol. The molecule has 0 bridgehead atoms. The van der Waals surface area contributed by atoms with Crippen molar-refractivity contribution in [3.8, 4) is 11.6 Å². The van der Waals surface area contributed by atoms with Gasteiger partial charge in [-0.1, -0.05) is 12.1 Å². The number of nitro groups is 1. The normalized spacial score (nSPS) is 18.1. The second-order valence-electron chi connectivity index (χ2n) is 5.45. The monoisotopic (exact) mass is 314 g/mol. The Balaban J connectivity index is 1.63. The van der Waals surface area contributed by atoms with Crippen molar-refractivity contribution in [3.63, 3.8) is 0 Å². The molecule has 2 heterocycles. The highest BCUT2D eigenvalue weighted by Crippen LogP contribution is 2.46. The van der Waals surface area contributed by atoms with Gasteiger partial charge >= 0.3 is 0 Å². The lowest BCUT2D eigenvalue weighted by atomic mass is 10.1. The summed E-state index contributed by atoms with van der Waals surface area (Å²) in [6.45, 7) is 1.18. The lowest BCUT2D eigenvalue weighted by molar-refractivity contribution is -0.385. The molecule has 1 aliphatic carbocycles. The molecule has 2 aromatic rings. The number of hydrogen-bond donors (Lipinski definition) is 0.